The number of nitrogens with one attached hydrogen (secondary N) is 1. The molecule has 1 aliphatic heterocycles. The van der Waals surface area contributed by atoms with Crippen LogP contribution in [0.15, 0.2) is 42.5 Å². The minimum Gasteiger partial charge on any atom is -0.495 e. The van der Waals surface area contributed by atoms with E-state index in [1.807, 2.05) is 54.8 Å². The van der Waals surface area contributed by atoms with Crippen LogP contribution in [-0.4, -0.2) is 77.9 Å². The molecule has 1 saturated heterocycles. The van der Waals surface area contributed by atoms with Gasteiger partial charge in [0.1, 0.15) is 17.3 Å². The zero-order valence-electron chi connectivity index (χ0n) is 22.7. The van der Waals surface area contributed by atoms with Crippen LogP contribution in [0.2, 0.25) is 5.02 Å². The number of nitrogens with zero attached hydrogens (tertiary/aromatic N) is 4. The highest BCUT2D eigenvalue weighted by molar-refractivity contribution is 6.31. The number of carbonyl (C=O) groups excluding carboxylic acids is 1. The number of anilines is 1. The molecule has 0 saturated carbocycles. The Kier molecular flexibility index (Phi) is 9.31. The van der Waals surface area contributed by atoms with Crippen LogP contribution >= 0.6 is 11.6 Å². The molecule has 1 amide bonds. The summed E-state index contributed by atoms with van der Waals surface area (Å²) in [5.41, 5.74) is 4.23. The molecule has 2 aromatic carbocycles. The minimum absolute atomic E-state index is 0.163. The second kappa shape index (κ2) is 12.7. The van der Waals surface area contributed by atoms with Crippen LogP contribution in [0.5, 0.6) is 5.75 Å². The molecule has 204 valence electrons. The van der Waals surface area contributed by atoms with Crippen molar-refractivity contribution in [2.75, 3.05) is 51.3 Å². The van der Waals surface area contributed by atoms with Crippen LogP contribution in [0.3, 0.4) is 0 Å². The summed E-state index contributed by atoms with van der Waals surface area (Å²) in [5, 5.41) is 14.4. The van der Waals surface area contributed by atoms with Crippen molar-refractivity contribution in [3.8, 4) is 11.4 Å². The number of benzene rings is 2. The van der Waals surface area contributed by atoms with E-state index in [1.54, 1.807) is 7.11 Å². The number of methoxy groups -OCH3 is 1. The molecule has 1 aromatic heterocycles. The van der Waals surface area contributed by atoms with Crippen LogP contribution in [0, 0.1) is 13.8 Å². The summed E-state index contributed by atoms with van der Waals surface area (Å²) in [4.78, 5) is 22.4. The normalized spacial score (nSPS) is 14.9. The van der Waals surface area contributed by atoms with Crippen molar-refractivity contribution in [3.63, 3.8) is 0 Å². The van der Waals surface area contributed by atoms with Gasteiger partial charge in [-0.25, -0.2) is 4.98 Å². The topological polar surface area (TPSA) is 82.9 Å². The third-order valence-electron chi connectivity index (χ3n) is 7.11. The number of hydrogen-bond acceptors (Lipinski definition) is 6. The number of halogens is 1. The average molecular weight is 540 g/mol. The summed E-state index contributed by atoms with van der Waals surface area (Å²) in [5.74, 6) is 1.25. The third kappa shape index (κ3) is 6.14. The van der Waals surface area contributed by atoms with Gasteiger partial charge in [-0.05, 0) is 50.1 Å². The van der Waals surface area contributed by atoms with Crippen LogP contribution < -0.4 is 15.0 Å². The van der Waals surface area contributed by atoms with Crippen molar-refractivity contribution in [2.24, 2.45) is 0 Å². The van der Waals surface area contributed by atoms with Crippen molar-refractivity contribution in [1.29, 1.82) is 0 Å². The van der Waals surface area contributed by atoms with Crippen molar-refractivity contribution >= 4 is 23.2 Å². The first kappa shape index (κ1) is 28.0. The van der Waals surface area contributed by atoms with Gasteiger partial charge in [0, 0.05) is 56.4 Å². The Morgan fingerprint density at radius 2 is 1.82 bits per heavy atom. The number of amides is 1. The van der Waals surface area contributed by atoms with Crippen molar-refractivity contribution in [3.05, 3.63) is 70.3 Å². The molecule has 0 radical (unpaired) electrons. The number of para-hydroxylation sites is 2. The van der Waals surface area contributed by atoms with Crippen LogP contribution in [0.25, 0.3) is 5.69 Å². The van der Waals surface area contributed by atoms with Gasteiger partial charge >= 0.3 is 0 Å². The molecule has 3 aromatic rings. The zero-order valence-corrected chi connectivity index (χ0v) is 23.5. The van der Waals surface area contributed by atoms with E-state index in [1.165, 1.54) is 0 Å². The number of piperazine rings is 1. The van der Waals surface area contributed by atoms with E-state index in [2.05, 4.69) is 33.1 Å². The Bertz CT molecular complexity index is 1250. The third-order valence-corrected chi connectivity index (χ3v) is 7.52. The Balaban J connectivity index is 1.35. The minimum atomic E-state index is -0.676. The zero-order chi connectivity index (χ0) is 27.2. The first-order valence-electron chi connectivity index (χ1n) is 13.2. The highest BCUT2D eigenvalue weighted by Crippen LogP contribution is 2.28. The van der Waals surface area contributed by atoms with Crippen molar-refractivity contribution in [2.45, 2.75) is 39.7 Å². The van der Waals surface area contributed by atoms with Gasteiger partial charge in [-0.3, -0.25) is 14.3 Å². The van der Waals surface area contributed by atoms with Crippen molar-refractivity contribution < 1.29 is 14.6 Å². The fourth-order valence-electron chi connectivity index (χ4n) is 5.07. The number of aryl methyl sites for hydroxylation is 1. The second-order valence-electron chi connectivity index (χ2n) is 9.75. The second-order valence-corrected chi connectivity index (χ2v) is 10.2. The maximum atomic E-state index is 13.1. The standard InChI is InChI=1S/C29H38ClN5O3/c1-5-9-27-32-28(21(3)35(27)25-11-6-7-13-26(25)38-4)29(37)31-18-22(36)19-33-14-16-34(17-15-33)24-12-8-10-23(30)20(24)2/h6-8,10-13,22,36H,5,9,14-19H2,1-4H3,(H,31,37). The van der Waals surface area contributed by atoms with E-state index in [0.717, 1.165) is 78.2 Å². The summed E-state index contributed by atoms with van der Waals surface area (Å²) in [6.45, 7) is 10.1. The van der Waals surface area contributed by atoms with E-state index in [9.17, 15) is 9.90 Å². The van der Waals surface area contributed by atoms with E-state index in [-0.39, 0.29) is 12.5 Å². The summed E-state index contributed by atoms with van der Waals surface area (Å²) in [6.07, 6.45) is 0.954. The number of imidazole rings is 1. The molecule has 0 spiro atoms. The molecule has 1 fully saturated rings. The predicted molar refractivity (Wildman–Crippen MR) is 152 cm³/mol. The van der Waals surface area contributed by atoms with Gasteiger partial charge in [-0.1, -0.05) is 36.7 Å². The van der Waals surface area contributed by atoms with Gasteiger partial charge in [0.05, 0.1) is 24.6 Å². The van der Waals surface area contributed by atoms with Crippen LogP contribution in [0.1, 0.15) is 40.9 Å². The lowest BCUT2D eigenvalue weighted by atomic mass is 10.1. The molecule has 1 aliphatic rings. The van der Waals surface area contributed by atoms with Gasteiger partial charge in [0.15, 0.2) is 0 Å². The molecular formula is C29H38ClN5O3. The number of carbonyl (C=O) groups is 1. The van der Waals surface area contributed by atoms with Gasteiger partial charge in [-0.2, -0.15) is 0 Å². The molecule has 0 aliphatic carbocycles. The number of aromatic nitrogens is 2. The summed E-state index contributed by atoms with van der Waals surface area (Å²) in [6, 6.07) is 13.7. The summed E-state index contributed by atoms with van der Waals surface area (Å²) in [7, 11) is 1.64. The van der Waals surface area contributed by atoms with Crippen LogP contribution in [0.4, 0.5) is 5.69 Å². The maximum Gasteiger partial charge on any atom is 0.271 e. The molecule has 1 unspecified atom stereocenters. The first-order chi connectivity index (χ1) is 18.3. The van der Waals surface area contributed by atoms with E-state index < -0.39 is 6.10 Å². The lowest BCUT2D eigenvalue weighted by Crippen LogP contribution is -2.50. The van der Waals surface area contributed by atoms with Gasteiger partial charge in [0.2, 0.25) is 0 Å². The Morgan fingerprint density at radius 1 is 1.11 bits per heavy atom. The summed E-state index contributed by atoms with van der Waals surface area (Å²) >= 11 is 6.30. The van der Waals surface area contributed by atoms with Gasteiger partial charge in [-0.15, -0.1) is 0 Å². The number of β-amino-alcohol motifs (C(OH)–C–C–N with tert-alkyl or cyclic N) is 1. The molecule has 1 atom stereocenters. The fraction of sp³-hybridized carbons (Fsp3) is 0.448. The molecule has 0 bridgehead atoms. The fourth-order valence-corrected chi connectivity index (χ4v) is 5.24. The van der Waals surface area contributed by atoms with Crippen LogP contribution in [-0.2, 0) is 6.42 Å². The Morgan fingerprint density at radius 3 is 2.53 bits per heavy atom. The lowest BCUT2D eigenvalue weighted by molar-refractivity contribution is 0.0847. The average Bonchev–Trinajstić information content (AvgIpc) is 3.25. The predicted octanol–water partition coefficient (Wildman–Crippen LogP) is 4.02. The number of aliphatic hydroxyl groups excluding tert-OH is 1. The number of hydrogen-bond donors (Lipinski definition) is 2. The molecule has 38 heavy (non-hydrogen) atoms. The highest BCUT2D eigenvalue weighted by Gasteiger charge is 2.24. The number of aliphatic hydroxyl groups is 1. The Labute approximate surface area is 230 Å². The van der Waals surface area contributed by atoms with Gasteiger partial charge in [0.25, 0.3) is 5.91 Å². The SMILES string of the molecule is CCCc1nc(C(=O)NCC(O)CN2CCN(c3cccc(Cl)c3C)CC2)c(C)n1-c1ccccc1OC. The molecular weight excluding hydrogens is 502 g/mol. The van der Waals surface area contributed by atoms with E-state index in [4.69, 9.17) is 16.3 Å². The first-order valence-corrected chi connectivity index (χ1v) is 13.6. The molecule has 2 N–H and O–H groups in total. The maximum absolute atomic E-state index is 13.1. The number of ether oxygens (including phenoxy) is 1. The largest absolute Gasteiger partial charge is 0.495 e. The molecule has 2 heterocycles. The molecule has 4 rings (SSSR count). The monoisotopic (exact) mass is 539 g/mol. The number of rotatable bonds is 10. The molecule has 8 nitrogen and oxygen atoms in total. The van der Waals surface area contributed by atoms with E-state index >= 15 is 0 Å². The van der Waals surface area contributed by atoms with Gasteiger partial charge < -0.3 is 20.1 Å². The Hall–Kier alpha value is -3.07. The summed E-state index contributed by atoms with van der Waals surface area (Å²) < 4.78 is 7.55. The highest BCUT2D eigenvalue weighted by atomic mass is 35.5. The van der Waals surface area contributed by atoms with E-state index in [0.29, 0.717) is 12.2 Å². The molecule has 9 heteroatoms. The lowest BCUT2D eigenvalue weighted by Gasteiger charge is -2.37. The van der Waals surface area contributed by atoms with Crippen molar-refractivity contribution in [1.82, 2.24) is 19.8 Å². The quantitative estimate of drug-likeness (QED) is 0.405. The smallest absolute Gasteiger partial charge is 0.271 e.